The Morgan fingerprint density at radius 1 is 1.39 bits per heavy atom. The van der Waals surface area contributed by atoms with Gasteiger partial charge in [0.05, 0.1) is 38.9 Å². The predicted molar refractivity (Wildman–Crippen MR) is 90.6 cm³/mol. The van der Waals surface area contributed by atoms with Crippen molar-refractivity contribution in [2.45, 2.75) is 6.92 Å². The van der Waals surface area contributed by atoms with Gasteiger partial charge in [0, 0.05) is 23.6 Å². The number of amides is 1. The SMILES string of the molecule is CC(=O)Nc1ccc(-c2csc(N3CC[NH+](C)CC3)n2)c(F)c1. The lowest BCUT2D eigenvalue weighted by atomic mass is 10.1. The van der Waals surface area contributed by atoms with Crippen LogP contribution in [0.4, 0.5) is 15.2 Å². The van der Waals surface area contributed by atoms with Crippen molar-refractivity contribution in [1.29, 1.82) is 0 Å². The summed E-state index contributed by atoms with van der Waals surface area (Å²) in [6.45, 7) is 5.53. The number of quaternary nitrogens is 1. The van der Waals surface area contributed by atoms with E-state index in [-0.39, 0.29) is 11.7 Å². The monoisotopic (exact) mass is 335 g/mol. The van der Waals surface area contributed by atoms with Crippen LogP contribution in [0.15, 0.2) is 23.6 Å². The third-order valence-electron chi connectivity index (χ3n) is 3.94. The number of nitrogens with zero attached hydrogens (tertiary/aromatic N) is 2. The molecule has 3 rings (SSSR count). The summed E-state index contributed by atoms with van der Waals surface area (Å²) in [6, 6.07) is 4.68. The number of hydrogen-bond donors (Lipinski definition) is 2. The molecule has 0 unspecified atom stereocenters. The molecule has 1 aliphatic rings. The smallest absolute Gasteiger partial charge is 0.221 e. The van der Waals surface area contributed by atoms with Crippen molar-refractivity contribution in [1.82, 2.24) is 4.98 Å². The molecule has 1 aromatic carbocycles. The van der Waals surface area contributed by atoms with Gasteiger partial charge in [-0.3, -0.25) is 4.79 Å². The number of likely N-dealkylation sites (N-methyl/N-ethyl adjacent to an activating group) is 1. The molecule has 7 heteroatoms. The molecule has 0 saturated carbocycles. The van der Waals surface area contributed by atoms with Crippen molar-refractivity contribution in [3.63, 3.8) is 0 Å². The standard InChI is InChI=1S/C16H19FN4OS/c1-11(22)18-12-3-4-13(14(17)9-12)15-10-23-16(19-15)21-7-5-20(2)6-8-21/h3-4,9-10H,5-8H2,1-2H3,(H,18,22)/p+1. The molecule has 0 spiro atoms. The number of nitrogens with one attached hydrogen (secondary N) is 2. The number of piperazine rings is 1. The molecule has 0 atom stereocenters. The number of aromatic nitrogens is 1. The quantitative estimate of drug-likeness (QED) is 0.887. The summed E-state index contributed by atoms with van der Waals surface area (Å²) in [4.78, 5) is 19.4. The van der Waals surface area contributed by atoms with Crippen LogP contribution >= 0.6 is 11.3 Å². The van der Waals surface area contributed by atoms with Gasteiger partial charge in [-0.15, -0.1) is 11.3 Å². The molecule has 0 radical (unpaired) electrons. The van der Waals surface area contributed by atoms with Gasteiger partial charge in [0.25, 0.3) is 0 Å². The first kappa shape index (κ1) is 15.9. The molecule has 23 heavy (non-hydrogen) atoms. The molecule has 1 aromatic heterocycles. The highest BCUT2D eigenvalue weighted by molar-refractivity contribution is 7.14. The van der Waals surface area contributed by atoms with Gasteiger partial charge < -0.3 is 15.1 Å². The van der Waals surface area contributed by atoms with Crippen LogP contribution in [0.1, 0.15) is 6.92 Å². The van der Waals surface area contributed by atoms with Gasteiger partial charge in [-0.2, -0.15) is 0 Å². The van der Waals surface area contributed by atoms with E-state index in [0.717, 1.165) is 31.3 Å². The maximum Gasteiger partial charge on any atom is 0.221 e. The van der Waals surface area contributed by atoms with Crippen LogP contribution < -0.4 is 15.1 Å². The van der Waals surface area contributed by atoms with Crippen molar-refractivity contribution in [2.24, 2.45) is 0 Å². The van der Waals surface area contributed by atoms with Gasteiger partial charge in [0.2, 0.25) is 5.91 Å². The number of carbonyl (C=O) groups is 1. The van der Waals surface area contributed by atoms with Crippen LogP contribution in [0.5, 0.6) is 0 Å². The molecule has 1 aliphatic heterocycles. The minimum atomic E-state index is -0.379. The normalized spacial score (nSPS) is 15.7. The first-order valence-electron chi connectivity index (χ1n) is 7.62. The van der Waals surface area contributed by atoms with Gasteiger partial charge in [-0.25, -0.2) is 9.37 Å². The third kappa shape index (κ3) is 3.68. The van der Waals surface area contributed by atoms with E-state index in [4.69, 9.17) is 0 Å². The number of hydrogen-bond acceptors (Lipinski definition) is 4. The van der Waals surface area contributed by atoms with Gasteiger partial charge in [-0.05, 0) is 18.2 Å². The van der Waals surface area contributed by atoms with E-state index in [2.05, 4.69) is 22.2 Å². The molecule has 5 nitrogen and oxygen atoms in total. The van der Waals surface area contributed by atoms with Crippen molar-refractivity contribution in [3.05, 3.63) is 29.4 Å². The molecule has 0 bridgehead atoms. The Labute approximate surface area is 138 Å². The van der Waals surface area contributed by atoms with Crippen molar-refractivity contribution in [2.75, 3.05) is 43.4 Å². The van der Waals surface area contributed by atoms with Gasteiger partial charge >= 0.3 is 0 Å². The Morgan fingerprint density at radius 3 is 2.78 bits per heavy atom. The summed E-state index contributed by atoms with van der Waals surface area (Å²) >= 11 is 1.54. The second-order valence-electron chi connectivity index (χ2n) is 5.84. The predicted octanol–water partition coefficient (Wildman–Crippen LogP) is 1.24. The first-order chi connectivity index (χ1) is 11.0. The Kier molecular flexibility index (Phi) is 4.58. The second kappa shape index (κ2) is 6.64. The zero-order valence-electron chi connectivity index (χ0n) is 13.2. The number of halogens is 1. The highest BCUT2D eigenvalue weighted by Crippen LogP contribution is 2.30. The Bertz CT molecular complexity index is 710. The summed E-state index contributed by atoms with van der Waals surface area (Å²) in [7, 11) is 2.19. The Hall–Kier alpha value is -1.99. The summed E-state index contributed by atoms with van der Waals surface area (Å²) in [6.07, 6.45) is 0. The molecule has 122 valence electrons. The fourth-order valence-corrected chi connectivity index (χ4v) is 3.50. The highest BCUT2D eigenvalue weighted by atomic mass is 32.1. The van der Waals surface area contributed by atoms with Crippen LogP contribution in [0, 0.1) is 5.82 Å². The molecule has 2 heterocycles. The average molecular weight is 335 g/mol. The lowest BCUT2D eigenvalue weighted by molar-refractivity contribution is -0.880. The van der Waals surface area contributed by atoms with Crippen molar-refractivity contribution >= 4 is 28.1 Å². The van der Waals surface area contributed by atoms with Crippen LogP contribution in [0.25, 0.3) is 11.3 Å². The lowest BCUT2D eigenvalue weighted by Crippen LogP contribution is -3.12. The maximum atomic E-state index is 14.3. The van der Waals surface area contributed by atoms with Crippen LogP contribution in [-0.2, 0) is 4.79 Å². The lowest BCUT2D eigenvalue weighted by Gasteiger charge is -2.29. The Balaban J connectivity index is 1.79. The summed E-state index contributed by atoms with van der Waals surface area (Å²) < 4.78 is 14.3. The van der Waals surface area contributed by atoms with E-state index < -0.39 is 0 Å². The van der Waals surface area contributed by atoms with E-state index in [9.17, 15) is 9.18 Å². The average Bonchev–Trinajstić information content (AvgIpc) is 2.97. The Morgan fingerprint density at radius 2 is 2.13 bits per heavy atom. The van der Waals surface area contributed by atoms with Crippen molar-refractivity contribution < 1.29 is 14.1 Å². The van der Waals surface area contributed by atoms with Crippen LogP contribution in [-0.4, -0.2) is 44.1 Å². The minimum Gasteiger partial charge on any atom is -0.337 e. The minimum absolute atomic E-state index is 0.217. The van der Waals surface area contributed by atoms with E-state index in [1.165, 1.54) is 17.9 Å². The molecule has 1 fully saturated rings. The molecule has 0 aliphatic carbocycles. The molecule has 1 amide bonds. The molecule has 2 N–H and O–H groups in total. The third-order valence-corrected chi connectivity index (χ3v) is 4.85. The molecular weight excluding hydrogens is 315 g/mol. The molecule has 1 saturated heterocycles. The number of benzene rings is 1. The molecular formula is C16H20FN4OS+. The fraction of sp³-hybridized carbons (Fsp3) is 0.375. The number of rotatable bonds is 3. The van der Waals surface area contributed by atoms with E-state index in [0.29, 0.717) is 16.9 Å². The fourth-order valence-electron chi connectivity index (χ4n) is 2.62. The van der Waals surface area contributed by atoms with Crippen molar-refractivity contribution in [3.8, 4) is 11.3 Å². The summed E-state index contributed by atoms with van der Waals surface area (Å²) in [5.41, 5.74) is 1.56. The molecule has 2 aromatic rings. The van der Waals surface area contributed by atoms with Gasteiger partial charge in [0.15, 0.2) is 5.13 Å². The highest BCUT2D eigenvalue weighted by Gasteiger charge is 2.20. The second-order valence-corrected chi connectivity index (χ2v) is 6.67. The zero-order valence-corrected chi connectivity index (χ0v) is 14.0. The summed E-state index contributed by atoms with van der Waals surface area (Å²) in [5.74, 6) is -0.596. The van der Waals surface area contributed by atoms with E-state index in [1.54, 1.807) is 23.5 Å². The van der Waals surface area contributed by atoms with E-state index >= 15 is 0 Å². The first-order valence-corrected chi connectivity index (χ1v) is 8.50. The largest absolute Gasteiger partial charge is 0.337 e. The number of anilines is 2. The van der Waals surface area contributed by atoms with Crippen LogP contribution in [0.3, 0.4) is 0 Å². The summed E-state index contributed by atoms with van der Waals surface area (Å²) in [5, 5.41) is 5.41. The van der Waals surface area contributed by atoms with Gasteiger partial charge in [0.1, 0.15) is 5.82 Å². The van der Waals surface area contributed by atoms with Crippen LogP contribution in [0.2, 0.25) is 0 Å². The van der Waals surface area contributed by atoms with E-state index in [1.807, 2.05) is 5.38 Å². The number of carbonyl (C=O) groups excluding carboxylic acids is 1. The maximum absolute atomic E-state index is 14.3. The topological polar surface area (TPSA) is 49.7 Å². The van der Waals surface area contributed by atoms with Gasteiger partial charge in [-0.1, -0.05) is 0 Å². The number of thiazole rings is 1. The zero-order chi connectivity index (χ0) is 16.4.